The van der Waals surface area contributed by atoms with Gasteiger partial charge in [-0.25, -0.2) is 0 Å². The Morgan fingerprint density at radius 1 is 0.840 bits per heavy atom. The van der Waals surface area contributed by atoms with E-state index in [0.29, 0.717) is 22.3 Å². The summed E-state index contributed by atoms with van der Waals surface area (Å²) >= 11 is 3.47. The van der Waals surface area contributed by atoms with Crippen molar-refractivity contribution in [2.24, 2.45) is 0 Å². The summed E-state index contributed by atoms with van der Waals surface area (Å²) in [5.74, 6) is 1.42. The number of ether oxygens (including phenoxy) is 2. The maximum atomic E-state index is 11.4. The zero-order valence-corrected chi connectivity index (χ0v) is 15.3. The minimum atomic E-state index is 0.491. The fourth-order valence-corrected chi connectivity index (χ4v) is 3.31. The summed E-state index contributed by atoms with van der Waals surface area (Å²) in [6.07, 6.45) is 1.54. The van der Waals surface area contributed by atoms with Crippen LogP contribution in [0.25, 0.3) is 21.9 Å². The van der Waals surface area contributed by atoms with Gasteiger partial charge in [0.2, 0.25) is 0 Å². The molecule has 0 radical (unpaired) electrons. The molecule has 0 unspecified atom stereocenters. The largest absolute Gasteiger partial charge is 0.456 e. The van der Waals surface area contributed by atoms with Crippen LogP contribution < -0.4 is 4.74 Å². The van der Waals surface area contributed by atoms with Gasteiger partial charge in [0.05, 0.1) is 0 Å². The molecule has 0 spiro atoms. The highest BCUT2D eigenvalue weighted by Gasteiger charge is 2.22. The number of hydrogen-bond acceptors (Lipinski definition) is 4. The molecule has 1 aliphatic heterocycles. The van der Waals surface area contributed by atoms with E-state index >= 15 is 0 Å². The minimum absolute atomic E-state index is 0.491. The van der Waals surface area contributed by atoms with E-state index in [-0.39, 0.29) is 0 Å². The number of fused-ring (bicyclic) bond motifs is 2. The van der Waals surface area contributed by atoms with E-state index in [9.17, 15) is 9.59 Å². The molecule has 3 aromatic carbocycles. The molecule has 3 aromatic rings. The lowest BCUT2D eigenvalue weighted by Gasteiger charge is -2.22. The number of carbonyl (C=O) groups is 2. The van der Waals surface area contributed by atoms with E-state index in [2.05, 4.69) is 20.7 Å². The number of aldehydes is 2. The Morgan fingerprint density at radius 2 is 1.44 bits per heavy atom. The van der Waals surface area contributed by atoms with E-state index < -0.39 is 0 Å². The van der Waals surface area contributed by atoms with Gasteiger partial charge in [-0.3, -0.25) is 9.59 Å². The van der Waals surface area contributed by atoms with Gasteiger partial charge in [0.1, 0.15) is 11.5 Å². The normalized spacial score (nSPS) is 11.0. The second-order valence-corrected chi connectivity index (χ2v) is 6.41. The molecule has 4 rings (SSSR count). The lowest BCUT2D eigenvalue weighted by Crippen LogP contribution is -2.00. The third-order valence-corrected chi connectivity index (χ3v) is 4.39. The quantitative estimate of drug-likeness (QED) is 0.432. The molecule has 25 heavy (non-hydrogen) atoms. The van der Waals surface area contributed by atoms with Crippen molar-refractivity contribution in [3.63, 3.8) is 0 Å². The zero-order chi connectivity index (χ0) is 18.0. The Balaban J connectivity index is 0.000000569. The number of carbonyl (C=O) groups excluding carboxylic acids is 2. The first kappa shape index (κ1) is 17.3. The number of hydrogen-bond donors (Lipinski definition) is 0. The molecule has 0 aromatic heterocycles. The monoisotopic (exact) mass is 398 g/mol. The average Bonchev–Trinajstić information content (AvgIpc) is 2.63. The molecule has 0 saturated carbocycles. The summed E-state index contributed by atoms with van der Waals surface area (Å²) in [7, 11) is 3.25. The summed E-state index contributed by atoms with van der Waals surface area (Å²) in [6.45, 7) is 0. The van der Waals surface area contributed by atoms with Crippen LogP contribution >= 0.6 is 15.9 Å². The number of methoxy groups -OCH3 is 1. The molecular formula is C20H15BrO4. The molecule has 5 heteroatoms. The first-order valence-electron chi connectivity index (χ1n) is 7.52. The highest BCUT2D eigenvalue weighted by molar-refractivity contribution is 9.10. The highest BCUT2D eigenvalue weighted by atomic mass is 79.9. The standard InChI is InChI=1S/C18H9BrO3.C2H6O/c19-12-3-6-15-14(7-12)13-4-1-10(8-20)17-11(9-21)2-5-16(22-15)18(13)17;1-3-2/h1-9H;1-2H3. The highest BCUT2D eigenvalue weighted by Crippen LogP contribution is 2.48. The summed E-state index contributed by atoms with van der Waals surface area (Å²) in [4.78, 5) is 22.7. The van der Waals surface area contributed by atoms with Crippen molar-refractivity contribution in [2.45, 2.75) is 0 Å². The lowest BCUT2D eigenvalue weighted by molar-refractivity contribution is 0.112. The molecule has 0 bridgehead atoms. The Bertz CT molecular complexity index is 965. The van der Waals surface area contributed by atoms with Gasteiger partial charge in [-0.15, -0.1) is 0 Å². The Morgan fingerprint density at radius 3 is 2.08 bits per heavy atom. The molecule has 0 fully saturated rings. The van der Waals surface area contributed by atoms with Crippen LogP contribution in [0.3, 0.4) is 0 Å². The molecule has 0 saturated heterocycles. The van der Waals surface area contributed by atoms with Crippen molar-refractivity contribution in [3.8, 4) is 22.6 Å². The van der Waals surface area contributed by atoms with Crippen molar-refractivity contribution in [2.75, 3.05) is 14.2 Å². The molecule has 0 amide bonds. The maximum absolute atomic E-state index is 11.4. The maximum Gasteiger partial charge on any atom is 0.150 e. The summed E-state index contributed by atoms with van der Waals surface area (Å²) < 4.78 is 11.1. The Hall–Kier alpha value is -2.50. The van der Waals surface area contributed by atoms with Gasteiger partial charge in [0, 0.05) is 46.2 Å². The predicted molar refractivity (Wildman–Crippen MR) is 101 cm³/mol. The second kappa shape index (κ2) is 7.17. The van der Waals surface area contributed by atoms with E-state index in [0.717, 1.165) is 39.3 Å². The van der Waals surface area contributed by atoms with Crippen LogP contribution in [0.5, 0.6) is 11.5 Å². The van der Waals surface area contributed by atoms with Gasteiger partial charge in [-0.2, -0.15) is 0 Å². The number of halogens is 1. The topological polar surface area (TPSA) is 52.6 Å². The van der Waals surface area contributed by atoms with Crippen molar-refractivity contribution < 1.29 is 19.1 Å². The summed E-state index contributed by atoms with van der Waals surface area (Å²) in [5.41, 5.74) is 2.88. The molecule has 1 aliphatic rings. The number of rotatable bonds is 2. The molecule has 0 N–H and O–H groups in total. The van der Waals surface area contributed by atoms with Crippen LogP contribution in [0.15, 0.2) is 46.9 Å². The van der Waals surface area contributed by atoms with Crippen LogP contribution in [-0.2, 0) is 4.74 Å². The summed E-state index contributed by atoms with van der Waals surface area (Å²) in [6, 6.07) is 12.9. The van der Waals surface area contributed by atoms with Crippen molar-refractivity contribution in [3.05, 3.63) is 58.1 Å². The lowest BCUT2D eigenvalue weighted by atomic mass is 9.90. The van der Waals surface area contributed by atoms with Crippen molar-refractivity contribution >= 4 is 39.3 Å². The molecule has 0 aliphatic carbocycles. The SMILES string of the molecule is COC.O=Cc1ccc2c3c(ccc(C=O)c13)-c1cc(Br)ccc1O2. The van der Waals surface area contributed by atoms with Crippen LogP contribution in [0.4, 0.5) is 0 Å². The fourth-order valence-electron chi connectivity index (χ4n) is 2.94. The average molecular weight is 399 g/mol. The smallest absolute Gasteiger partial charge is 0.150 e. The van der Waals surface area contributed by atoms with Crippen LogP contribution in [0.1, 0.15) is 20.7 Å². The van der Waals surface area contributed by atoms with E-state index in [1.54, 1.807) is 32.4 Å². The van der Waals surface area contributed by atoms with Gasteiger partial charge in [-0.05, 0) is 35.9 Å². The Labute approximate surface area is 153 Å². The predicted octanol–water partition coefficient (Wildman–Crippen LogP) is 5.26. The van der Waals surface area contributed by atoms with E-state index in [1.807, 2.05) is 24.3 Å². The van der Waals surface area contributed by atoms with E-state index in [4.69, 9.17) is 4.74 Å². The van der Waals surface area contributed by atoms with E-state index in [1.165, 1.54) is 0 Å². The molecule has 1 heterocycles. The zero-order valence-electron chi connectivity index (χ0n) is 13.7. The summed E-state index contributed by atoms with van der Waals surface area (Å²) in [5, 5.41) is 1.45. The van der Waals surface area contributed by atoms with Gasteiger partial charge in [0.15, 0.2) is 12.6 Å². The second-order valence-electron chi connectivity index (χ2n) is 5.49. The molecular weight excluding hydrogens is 384 g/mol. The number of benzene rings is 3. The van der Waals surface area contributed by atoms with Gasteiger partial charge in [-0.1, -0.05) is 28.1 Å². The Kier molecular flexibility index (Phi) is 4.97. The van der Waals surface area contributed by atoms with Crippen LogP contribution in [0.2, 0.25) is 0 Å². The van der Waals surface area contributed by atoms with Crippen LogP contribution in [-0.4, -0.2) is 26.8 Å². The minimum Gasteiger partial charge on any atom is -0.456 e. The third-order valence-electron chi connectivity index (χ3n) is 3.89. The van der Waals surface area contributed by atoms with Crippen molar-refractivity contribution in [1.82, 2.24) is 0 Å². The van der Waals surface area contributed by atoms with Gasteiger partial charge in [0.25, 0.3) is 0 Å². The first-order chi connectivity index (χ1) is 12.1. The molecule has 0 atom stereocenters. The van der Waals surface area contributed by atoms with Crippen LogP contribution in [0, 0.1) is 0 Å². The third kappa shape index (κ3) is 2.97. The molecule has 126 valence electrons. The fraction of sp³-hybridized carbons (Fsp3) is 0.100. The van der Waals surface area contributed by atoms with Gasteiger partial charge >= 0.3 is 0 Å². The van der Waals surface area contributed by atoms with Crippen molar-refractivity contribution in [1.29, 1.82) is 0 Å². The van der Waals surface area contributed by atoms with Gasteiger partial charge < -0.3 is 9.47 Å². The molecule has 4 nitrogen and oxygen atoms in total. The first-order valence-corrected chi connectivity index (χ1v) is 8.31.